The van der Waals surface area contributed by atoms with Gasteiger partial charge in [-0.05, 0) is 55.7 Å². The molecular weight excluding hydrogens is 398 g/mol. The van der Waals surface area contributed by atoms with E-state index >= 15 is 0 Å². The molecule has 158 valence electrons. The van der Waals surface area contributed by atoms with Gasteiger partial charge in [0.05, 0.1) is 12.4 Å². The second-order valence-electron chi connectivity index (χ2n) is 7.38. The van der Waals surface area contributed by atoms with Gasteiger partial charge in [0, 0.05) is 23.1 Å². The Morgan fingerprint density at radius 2 is 1.70 bits per heavy atom. The second kappa shape index (κ2) is 9.76. The molecule has 0 amide bonds. The Hall–Kier alpha value is -2.86. The molecule has 3 rings (SSSR count). The van der Waals surface area contributed by atoms with Crippen LogP contribution < -0.4 is 9.47 Å². The van der Waals surface area contributed by atoms with Crippen LogP contribution in [0.25, 0.3) is 11.1 Å². The smallest absolute Gasteiger partial charge is 0.216 e. The van der Waals surface area contributed by atoms with Gasteiger partial charge in [-0.25, -0.2) is 13.4 Å². The van der Waals surface area contributed by atoms with Gasteiger partial charge >= 0.3 is 0 Å². The molecule has 6 heteroatoms. The number of sulfone groups is 1. The van der Waals surface area contributed by atoms with Gasteiger partial charge in [0.25, 0.3) is 0 Å². The monoisotopic (exact) mass is 425 g/mol. The SMILES string of the molecule is Cc1cc(-c2cccc(COc3ccccc3)c2)c(C)nc1OCCCS(C)(=O)=O. The number of ether oxygens (including phenoxy) is 2. The number of aryl methyl sites for hydroxylation is 2. The van der Waals surface area contributed by atoms with Crippen molar-refractivity contribution in [3.8, 4) is 22.8 Å². The summed E-state index contributed by atoms with van der Waals surface area (Å²) in [5.41, 5.74) is 4.97. The van der Waals surface area contributed by atoms with E-state index in [4.69, 9.17) is 9.47 Å². The molecule has 5 nitrogen and oxygen atoms in total. The molecule has 0 spiro atoms. The van der Waals surface area contributed by atoms with Gasteiger partial charge in [-0.2, -0.15) is 0 Å². The van der Waals surface area contributed by atoms with Gasteiger partial charge in [0.1, 0.15) is 22.2 Å². The van der Waals surface area contributed by atoms with Crippen LogP contribution in [0.15, 0.2) is 60.7 Å². The van der Waals surface area contributed by atoms with Crippen molar-refractivity contribution in [1.82, 2.24) is 4.98 Å². The number of nitrogens with zero attached hydrogens (tertiary/aromatic N) is 1. The lowest BCUT2D eigenvalue weighted by molar-refractivity contribution is 0.303. The normalized spacial score (nSPS) is 11.3. The lowest BCUT2D eigenvalue weighted by atomic mass is 10.0. The topological polar surface area (TPSA) is 65.5 Å². The summed E-state index contributed by atoms with van der Waals surface area (Å²) in [5, 5.41) is 0. The van der Waals surface area contributed by atoms with Crippen LogP contribution in [-0.2, 0) is 16.4 Å². The Morgan fingerprint density at radius 1 is 0.933 bits per heavy atom. The van der Waals surface area contributed by atoms with Crippen LogP contribution in [-0.4, -0.2) is 32.0 Å². The molecule has 0 aliphatic rings. The molecule has 0 saturated carbocycles. The van der Waals surface area contributed by atoms with Crippen LogP contribution in [0.4, 0.5) is 0 Å². The predicted molar refractivity (Wildman–Crippen MR) is 120 cm³/mol. The third kappa shape index (κ3) is 6.32. The van der Waals surface area contributed by atoms with E-state index < -0.39 is 9.84 Å². The molecular formula is C24H27NO4S. The fourth-order valence-corrected chi connectivity index (χ4v) is 3.77. The Bertz CT molecular complexity index is 1100. The molecule has 0 atom stereocenters. The van der Waals surface area contributed by atoms with E-state index in [9.17, 15) is 8.42 Å². The van der Waals surface area contributed by atoms with Crippen LogP contribution in [0, 0.1) is 13.8 Å². The average molecular weight is 426 g/mol. The number of hydrogen-bond donors (Lipinski definition) is 0. The minimum absolute atomic E-state index is 0.112. The van der Waals surface area contributed by atoms with Gasteiger partial charge in [-0.15, -0.1) is 0 Å². The van der Waals surface area contributed by atoms with Crippen molar-refractivity contribution in [2.75, 3.05) is 18.6 Å². The van der Waals surface area contributed by atoms with Gasteiger partial charge in [0.2, 0.25) is 5.88 Å². The average Bonchev–Trinajstić information content (AvgIpc) is 2.72. The van der Waals surface area contributed by atoms with Crippen molar-refractivity contribution in [2.24, 2.45) is 0 Å². The fourth-order valence-electron chi connectivity index (χ4n) is 3.12. The Balaban J connectivity index is 1.70. The van der Waals surface area contributed by atoms with Crippen molar-refractivity contribution < 1.29 is 17.9 Å². The number of aromatic nitrogens is 1. The van der Waals surface area contributed by atoms with Gasteiger partial charge in [-0.1, -0.05) is 36.4 Å². The molecule has 0 aliphatic carbocycles. The van der Waals surface area contributed by atoms with E-state index in [0.29, 0.717) is 25.5 Å². The van der Waals surface area contributed by atoms with Crippen molar-refractivity contribution in [1.29, 1.82) is 0 Å². The highest BCUT2D eigenvalue weighted by Gasteiger charge is 2.11. The lowest BCUT2D eigenvalue weighted by Crippen LogP contribution is -2.09. The van der Waals surface area contributed by atoms with Crippen LogP contribution in [0.5, 0.6) is 11.6 Å². The van der Waals surface area contributed by atoms with Crippen LogP contribution >= 0.6 is 0 Å². The fraction of sp³-hybridized carbons (Fsp3) is 0.292. The maximum absolute atomic E-state index is 11.2. The molecule has 0 radical (unpaired) electrons. The molecule has 1 heterocycles. The number of benzene rings is 2. The van der Waals surface area contributed by atoms with E-state index in [-0.39, 0.29) is 5.75 Å². The summed E-state index contributed by atoms with van der Waals surface area (Å²) in [5.74, 6) is 1.50. The largest absolute Gasteiger partial charge is 0.489 e. The summed E-state index contributed by atoms with van der Waals surface area (Å²) < 4.78 is 34.1. The Morgan fingerprint density at radius 3 is 2.43 bits per heavy atom. The van der Waals surface area contributed by atoms with E-state index in [2.05, 4.69) is 23.2 Å². The van der Waals surface area contributed by atoms with Crippen molar-refractivity contribution in [2.45, 2.75) is 26.9 Å². The van der Waals surface area contributed by atoms with Gasteiger partial charge < -0.3 is 9.47 Å². The number of pyridine rings is 1. The molecule has 0 bridgehead atoms. The quantitative estimate of drug-likeness (QED) is 0.463. The summed E-state index contributed by atoms with van der Waals surface area (Å²) >= 11 is 0. The first kappa shape index (κ1) is 21.8. The highest BCUT2D eigenvalue weighted by Crippen LogP contribution is 2.28. The lowest BCUT2D eigenvalue weighted by Gasteiger charge is -2.13. The summed E-state index contributed by atoms with van der Waals surface area (Å²) in [6.45, 7) is 4.71. The third-order valence-electron chi connectivity index (χ3n) is 4.64. The highest BCUT2D eigenvalue weighted by molar-refractivity contribution is 7.90. The van der Waals surface area contributed by atoms with E-state index in [1.807, 2.05) is 56.3 Å². The molecule has 0 N–H and O–H groups in total. The number of hydrogen-bond acceptors (Lipinski definition) is 5. The highest BCUT2D eigenvalue weighted by atomic mass is 32.2. The molecule has 0 fully saturated rings. The molecule has 0 saturated heterocycles. The second-order valence-corrected chi connectivity index (χ2v) is 9.64. The van der Waals surface area contributed by atoms with E-state index in [0.717, 1.165) is 33.7 Å². The molecule has 0 unspecified atom stereocenters. The maximum Gasteiger partial charge on any atom is 0.216 e. The predicted octanol–water partition coefficient (Wildman–Crippen LogP) is 4.76. The molecule has 0 aliphatic heterocycles. The first-order chi connectivity index (χ1) is 14.3. The number of para-hydroxylation sites is 1. The van der Waals surface area contributed by atoms with Crippen LogP contribution in [0.1, 0.15) is 23.2 Å². The van der Waals surface area contributed by atoms with E-state index in [1.54, 1.807) is 0 Å². The zero-order valence-corrected chi connectivity index (χ0v) is 18.4. The first-order valence-corrected chi connectivity index (χ1v) is 11.9. The Kier molecular flexibility index (Phi) is 7.11. The molecule has 2 aromatic carbocycles. The maximum atomic E-state index is 11.2. The molecule has 3 aromatic rings. The zero-order valence-electron chi connectivity index (χ0n) is 17.6. The van der Waals surface area contributed by atoms with Crippen molar-refractivity contribution in [3.05, 3.63) is 77.5 Å². The van der Waals surface area contributed by atoms with Gasteiger partial charge in [-0.3, -0.25) is 0 Å². The number of rotatable bonds is 9. The van der Waals surface area contributed by atoms with Crippen molar-refractivity contribution in [3.63, 3.8) is 0 Å². The minimum atomic E-state index is -2.98. The summed E-state index contributed by atoms with van der Waals surface area (Å²) in [6.07, 6.45) is 1.68. The summed E-state index contributed by atoms with van der Waals surface area (Å²) in [6, 6.07) is 20.0. The standard InChI is InChI=1S/C24H27NO4S/c1-18-15-23(19(2)25-24(18)28-13-8-14-30(3,26)27)21-10-7-9-20(16-21)17-29-22-11-5-4-6-12-22/h4-7,9-12,15-16H,8,13-14,17H2,1-3H3. The van der Waals surface area contributed by atoms with Crippen molar-refractivity contribution >= 4 is 9.84 Å². The molecule has 1 aromatic heterocycles. The molecule has 30 heavy (non-hydrogen) atoms. The van der Waals surface area contributed by atoms with Gasteiger partial charge in [0.15, 0.2) is 0 Å². The first-order valence-electron chi connectivity index (χ1n) is 9.88. The zero-order chi connectivity index (χ0) is 21.6. The van der Waals surface area contributed by atoms with Crippen LogP contribution in [0.2, 0.25) is 0 Å². The summed E-state index contributed by atoms with van der Waals surface area (Å²) in [7, 11) is -2.98. The summed E-state index contributed by atoms with van der Waals surface area (Å²) in [4.78, 5) is 4.60. The van der Waals surface area contributed by atoms with E-state index in [1.165, 1.54) is 6.26 Å². The Labute approximate surface area is 178 Å². The minimum Gasteiger partial charge on any atom is -0.489 e. The van der Waals surface area contributed by atoms with Crippen LogP contribution in [0.3, 0.4) is 0 Å². The third-order valence-corrected chi connectivity index (χ3v) is 5.67.